The van der Waals surface area contributed by atoms with E-state index in [0.29, 0.717) is 0 Å². The van der Waals surface area contributed by atoms with Crippen LogP contribution in [0.25, 0.3) is 37.7 Å². The molecule has 4 nitrogen and oxygen atoms in total. The van der Waals surface area contributed by atoms with Crippen molar-refractivity contribution in [3.05, 3.63) is 51.9 Å². The second-order valence-corrected chi connectivity index (χ2v) is 8.24. The summed E-state index contributed by atoms with van der Waals surface area (Å²) in [5, 5.41) is 11.1. The van der Waals surface area contributed by atoms with Crippen molar-refractivity contribution in [2.24, 2.45) is 7.05 Å². The van der Waals surface area contributed by atoms with Crippen LogP contribution in [0, 0.1) is 0 Å². The highest BCUT2D eigenvalue weighted by Gasteiger charge is 2.15. The Hall–Kier alpha value is -1.96. The first kappa shape index (κ1) is 14.4. The highest BCUT2D eigenvalue weighted by atomic mass is 79.9. The van der Waals surface area contributed by atoms with Gasteiger partial charge < -0.3 is 4.57 Å². The van der Waals surface area contributed by atoms with E-state index in [1.807, 2.05) is 10.7 Å². The maximum atomic E-state index is 4.75. The molecular weight excluding hydrogens is 404 g/mol. The molecule has 118 valence electrons. The van der Waals surface area contributed by atoms with Crippen molar-refractivity contribution < 1.29 is 0 Å². The quantitative estimate of drug-likeness (QED) is 0.385. The average molecular weight is 415 g/mol. The molecule has 0 fully saturated rings. The molecule has 0 spiro atoms. The topological polar surface area (TPSA) is 35.1 Å². The van der Waals surface area contributed by atoms with E-state index in [2.05, 4.69) is 68.8 Å². The summed E-state index contributed by atoms with van der Waals surface area (Å²) in [5.74, 6) is 0. The zero-order valence-corrected chi connectivity index (χ0v) is 15.8. The van der Waals surface area contributed by atoms with Gasteiger partial charge in [-0.2, -0.15) is 16.4 Å². The lowest BCUT2D eigenvalue weighted by Gasteiger charge is -1.96. The Morgan fingerprint density at radius 2 is 2.08 bits per heavy atom. The van der Waals surface area contributed by atoms with E-state index in [-0.39, 0.29) is 0 Å². The number of thiophene rings is 1. The molecule has 0 aliphatic heterocycles. The number of nitrogens with zero attached hydrogens (tertiary/aromatic N) is 4. The Bertz CT molecular complexity index is 1150. The van der Waals surface area contributed by atoms with Crippen molar-refractivity contribution in [3.63, 3.8) is 0 Å². The van der Waals surface area contributed by atoms with Crippen LogP contribution in [-0.4, -0.2) is 19.2 Å². The number of benzene rings is 1. The van der Waals surface area contributed by atoms with Gasteiger partial charge in [-0.1, -0.05) is 27.3 Å². The zero-order valence-electron chi connectivity index (χ0n) is 12.6. The maximum Gasteiger partial charge on any atom is 0.213 e. The van der Waals surface area contributed by atoms with Gasteiger partial charge in [0.25, 0.3) is 0 Å². The second-order valence-electron chi connectivity index (χ2n) is 5.59. The number of aromatic nitrogens is 4. The van der Waals surface area contributed by atoms with E-state index in [0.717, 1.165) is 31.3 Å². The lowest BCUT2D eigenvalue weighted by atomic mass is 10.2. The molecule has 0 radical (unpaired) electrons. The average Bonchev–Trinajstić information content (AvgIpc) is 3.28. The normalized spacial score (nSPS) is 11.8. The van der Waals surface area contributed by atoms with Crippen LogP contribution in [0.2, 0.25) is 0 Å². The van der Waals surface area contributed by atoms with Crippen molar-refractivity contribution in [2.75, 3.05) is 0 Å². The summed E-state index contributed by atoms with van der Waals surface area (Å²) < 4.78 is 5.09. The highest BCUT2D eigenvalue weighted by molar-refractivity contribution is 9.10. The van der Waals surface area contributed by atoms with Crippen LogP contribution >= 0.6 is 38.6 Å². The molecule has 0 saturated heterocycles. The Kier molecular flexibility index (Phi) is 3.16. The number of rotatable bonds is 2. The van der Waals surface area contributed by atoms with Crippen LogP contribution in [0.5, 0.6) is 0 Å². The molecule has 0 unspecified atom stereocenters. The highest BCUT2D eigenvalue weighted by Crippen LogP contribution is 2.35. The van der Waals surface area contributed by atoms with Gasteiger partial charge in [-0.25, -0.2) is 9.50 Å². The first-order valence-electron chi connectivity index (χ1n) is 7.33. The summed E-state index contributed by atoms with van der Waals surface area (Å²) in [6.07, 6.45) is 4.13. The smallest absolute Gasteiger partial charge is 0.213 e. The summed E-state index contributed by atoms with van der Waals surface area (Å²) >= 11 is 6.86. The molecule has 0 aliphatic carbocycles. The molecule has 5 rings (SSSR count). The van der Waals surface area contributed by atoms with Crippen molar-refractivity contribution in [3.8, 4) is 21.8 Å². The van der Waals surface area contributed by atoms with Crippen molar-refractivity contribution in [1.29, 1.82) is 0 Å². The van der Waals surface area contributed by atoms with Crippen LogP contribution in [0.4, 0.5) is 0 Å². The summed E-state index contributed by atoms with van der Waals surface area (Å²) in [7, 11) is 2.06. The maximum absolute atomic E-state index is 4.75. The van der Waals surface area contributed by atoms with E-state index < -0.39 is 0 Å². The van der Waals surface area contributed by atoms with Crippen LogP contribution in [-0.2, 0) is 7.05 Å². The minimum atomic E-state index is 0.915. The minimum Gasteiger partial charge on any atom is -0.350 e. The fourth-order valence-corrected chi connectivity index (χ4v) is 4.81. The van der Waals surface area contributed by atoms with E-state index in [1.54, 1.807) is 22.7 Å². The molecule has 5 aromatic rings. The zero-order chi connectivity index (χ0) is 16.3. The summed E-state index contributed by atoms with van der Waals surface area (Å²) in [5.41, 5.74) is 4.46. The van der Waals surface area contributed by atoms with Crippen molar-refractivity contribution >= 4 is 54.5 Å². The SMILES string of the molecule is Cn1cc(-c2nn3cc(-c4ccsc4)nc3s2)c2cc(Br)ccc21. The third kappa shape index (κ3) is 2.16. The Morgan fingerprint density at radius 1 is 1.17 bits per heavy atom. The van der Waals surface area contributed by atoms with Crippen LogP contribution in [0.3, 0.4) is 0 Å². The van der Waals surface area contributed by atoms with Gasteiger partial charge in [0, 0.05) is 45.1 Å². The van der Waals surface area contributed by atoms with Crippen molar-refractivity contribution in [1.82, 2.24) is 19.2 Å². The fourth-order valence-electron chi connectivity index (χ4n) is 2.89. The van der Waals surface area contributed by atoms with Crippen LogP contribution in [0.15, 0.2) is 51.9 Å². The Morgan fingerprint density at radius 3 is 2.88 bits per heavy atom. The largest absolute Gasteiger partial charge is 0.350 e. The first-order chi connectivity index (χ1) is 11.7. The molecule has 0 bridgehead atoms. The van der Waals surface area contributed by atoms with E-state index in [1.165, 1.54) is 10.9 Å². The number of fused-ring (bicyclic) bond motifs is 2. The number of imidazole rings is 1. The molecule has 0 N–H and O–H groups in total. The van der Waals surface area contributed by atoms with Crippen LogP contribution in [0.1, 0.15) is 0 Å². The van der Waals surface area contributed by atoms with Gasteiger partial charge in [-0.3, -0.25) is 0 Å². The number of hydrogen-bond donors (Lipinski definition) is 0. The first-order valence-corrected chi connectivity index (χ1v) is 9.88. The van der Waals surface area contributed by atoms with Gasteiger partial charge in [-0.15, -0.1) is 0 Å². The Balaban J connectivity index is 1.67. The fraction of sp³-hybridized carbons (Fsp3) is 0.0588. The number of hydrogen-bond acceptors (Lipinski definition) is 4. The summed E-state index contributed by atoms with van der Waals surface area (Å²) in [6.45, 7) is 0. The van der Waals surface area contributed by atoms with Gasteiger partial charge in [0.15, 0.2) is 0 Å². The summed E-state index contributed by atoms with van der Waals surface area (Å²) in [4.78, 5) is 5.63. The molecule has 24 heavy (non-hydrogen) atoms. The molecule has 7 heteroatoms. The molecule has 0 saturated carbocycles. The van der Waals surface area contributed by atoms with Gasteiger partial charge in [-0.05, 0) is 29.6 Å². The Labute approximate surface area is 154 Å². The summed E-state index contributed by atoms with van der Waals surface area (Å²) in [6, 6.07) is 8.41. The number of aryl methyl sites for hydroxylation is 1. The lowest BCUT2D eigenvalue weighted by Crippen LogP contribution is -1.82. The van der Waals surface area contributed by atoms with Gasteiger partial charge in [0.2, 0.25) is 4.96 Å². The van der Waals surface area contributed by atoms with E-state index >= 15 is 0 Å². The van der Waals surface area contributed by atoms with Gasteiger partial charge in [0.1, 0.15) is 5.01 Å². The lowest BCUT2D eigenvalue weighted by molar-refractivity contribution is 0.961. The molecule has 4 heterocycles. The molecule has 4 aromatic heterocycles. The van der Waals surface area contributed by atoms with Gasteiger partial charge >= 0.3 is 0 Å². The van der Waals surface area contributed by atoms with Gasteiger partial charge in [0.05, 0.1) is 11.9 Å². The molecule has 0 amide bonds. The predicted octanol–water partition coefficient (Wildman–Crippen LogP) is 5.44. The predicted molar refractivity (Wildman–Crippen MR) is 104 cm³/mol. The molecule has 1 aromatic carbocycles. The molecular formula is C17H11BrN4S2. The van der Waals surface area contributed by atoms with Crippen molar-refractivity contribution in [2.45, 2.75) is 0 Å². The third-order valence-electron chi connectivity index (χ3n) is 4.04. The van der Waals surface area contributed by atoms with E-state index in [4.69, 9.17) is 10.1 Å². The molecule has 0 atom stereocenters. The monoisotopic (exact) mass is 414 g/mol. The second kappa shape index (κ2) is 5.27. The standard InChI is InChI=1S/C17H11BrN4S2/c1-21-7-13(12-6-11(18)2-3-15(12)21)16-20-22-8-14(19-17(22)24-16)10-4-5-23-9-10/h2-9H,1H3. The molecule has 0 aliphatic rings. The van der Waals surface area contributed by atoms with Crippen LogP contribution < -0.4 is 0 Å². The number of halogens is 1. The third-order valence-corrected chi connectivity index (χ3v) is 6.17. The minimum absolute atomic E-state index is 0.915. The van der Waals surface area contributed by atoms with E-state index in [9.17, 15) is 0 Å².